The Kier molecular flexibility index (Phi) is 8.59. The van der Waals surface area contributed by atoms with E-state index >= 15 is 0 Å². The van der Waals surface area contributed by atoms with Gasteiger partial charge in [-0.15, -0.1) is 0 Å². The first-order valence-electron chi connectivity index (χ1n) is 12.2. The van der Waals surface area contributed by atoms with Gasteiger partial charge in [-0.05, 0) is 44.2 Å². The zero-order valence-corrected chi connectivity index (χ0v) is 19.1. The van der Waals surface area contributed by atoms with E-state index in [0.29, 0.717) is 19.6 Å². The highest BCUT2D eigenvalue weighted by Gasteiger charge is 2.32. The number of carbonyl (C=O) groups is 2. The molecule has 1 aliphatic carbocycles. The Balaban J connectivity index is 1.36. The second kappa shape index (κ2) is 11.8. The van der Waals surface area contributed by atoms with Gasteiger partial charge in [-0.2, -0.15) is 0 Å². The Bertz CT molecular complexity index is 709. The zero-order valence-electron chi connectivity index (χ0n) is 19.1. The van der Waals surface area contributed by atoms with Crippen LogP contribution in [0.25, 0.3) is 0 Å². The Morgan fingerprint density at radius 3 is 2.56 bits per heavy atom. The van der Waals surface area contributed by atoms with Crippen molar-refractivity contribution in [3.8, 4) is 0 Å². The van der Waals surface area contributed by atoms with E-state index in [2.05, 4.69) is 4.90 Å². The molecule has 1 atom stereocenters. The van der Waals surface area contributed by atoms with Crippen LogP contribution in [0.15, 0.2) is 22.8 Å². The van der Waals surface area contributed by atoms with E-state index in [1.807, 2.05) is 12.1 Å². The summed E-state index contributed by atoms with van der Waals surface area (Å²) in [6.45, 7) is 6.80. The second-order valence-electron chi connectivity index (χ2n) is 9.18. The predicted molar refractivity (Wildman–Crippen MR) is 119 cm³/mol. The van der Waals surface area contributed by atoms with Crippen LogP contribution in [-0.4, -0.2) is 91.7 Å². The van der Waals surface area contributed by atoms with Crippen molar-refractivity contribution in [3.05, 3.63) is 24.2 Å². The zero-order chi connectivity index (χ0) is 22.2. The monoisotopic (exact) mass is 447 g/mol. The normalized spacial score (nSPS) is 21.9. The maximum absolute atomic E-state index is 13.4. The molecule has 4 rings (SSSR count). The molecule has 0 bridgehead atoms. The van der Waals surface area contributed by atoms with Gasteiger partial charge in [0.1, 0.15) is 5.76 Å². The topological polar surface area (TPSA) is 75.5 Å². The van der Waals surface area contributed by atoms with Crippen LogP contribution in [-0.2, 0) is 25.6 Å². The third kappa shape index (κ3) is 6.56. The van der Waals surface area contributed by atoms with Gasteiger partial charge in [0.15, 0.2) is 0 Å². The highest BCUT2D eigenvalue weighted by Crippen LogP contribution is 2.28. The van der Waals surface area contributed by atoms with Gasteiger partial charge in [0, 0.05) is 45.2 Å². The van der Waals surface area contributed by atoms with Crippen LogP contribution in [0.5, 0.6) is 0 Å². The van der Waals surface area contributed by atoms with Crippen molar-refractivity contribution < 1.29 is 23.5 Å². The molecule has 0 aromatic carbocycles. The fraction of sp³-hybridized carbons (Fsp3) is 0.750. The molecule has 3 heterocycles. The van der Waals surface area contributed by atoms with E-state index < -0.39 is 0 Å². The van der Waals surface area contributed by atoms with Crippen molar-refractivity contribution in [1.29, 1.82) is 0 Å². The van der Waals surface area contributed by atoms with Crippen LogP contribution < -0.4 is 0 Å². The Hall–Kier alpha value is -1.90. The molecule has 1 unspecified atom stereocenters. The number of furan rings is 1. The largest absolute Gasteiger partial charge is 0.467 e. The number of rotatable bonds is 11. The Morgan fingerprint density at radius 1 is 1.06 bits per heavy atom. The molecule has 0 spiro atoms. The minimum absolute atomic E-state index is 0.0315. The smallest absolute Gasteiger partial charge is 0.242 e. The summed E-state index contributed by atoms with van der Waals surface area (Å²) in [6, 6.07) is 3.72. The number of amides is 2. The second-order valence-corrected chi connectivity index (χ2v) is 9.18. The molecule has 8 nitrogen and oxygen atoms in total. The van der Waals surface area contributed by atoms with Gasteiger partial charge in [0.25, 0.3) is 0 Å². The first-order valence-corrected chi connectivity index (χ1v) is 12.2. The van der Waals surface area contributed by atoms with E-state index in [1.54, 1.807) is 16.1 Å². The minimum atomic E-state index is -0.0315. The average molecular weight is 448 g/mol. The summed E-state index contributed by atoms with van der Waals surface area (Å²) in [5, 5.41) is 0. The van der Waals surface area contributed by atoms with Gasteiger partial charge in [0.2, 0.25) is 11.8 Å². The lowest BCUT2D eigenvalue weighted by molar-refractivity contribution is -0.145. The minimum Gasteiger partial charge on any atom is -0.467 e. The van der Waals surface area contributed by atoms with Crippen LogP contribution in [0.1, 0.15) is 44.3 Å². The summed E-state index contributed by atoms with van der Waals surface area (Å²) in [5.41, 5.74) is 0. The maximum Gasteiger partial charge on any atom is 0.242 e. The van der Waals surface area contributed by atoms with Gasteiger partial charge < -0.3 is 23.7 Å². The van der Waals surface area contributed by atoms with Crippen LogP contribution in [0.2, 0.25) is 0 Å². The van der Waals surface area contributed by atoms with Crippen LogP contribution in [0, 0.1) is 5.92 Å². The van der Waals surface area contributed by atoms with Crippen molar-refractivity contribution in [2.75, 3.05) is 59.1 Å². The quantitative estimate of drug-likeness (QED) is 0.517. The fourth-order valence-electron chi connectivity index (χ4n) is 4.63. The van der Waals surface area contributed by atoms with Gasteiger partial charge >= 0.3 is 0 Å². The van der Waals surface area contributed by atoms with Crippen molar-refractivity contribution in [1.82, 2.24) is 14.7 Å². The maximum atomic E-state index is 13.4. The lowest BCUT2D eigenvalue weighted by Crippen LogP contribution is -2.48. The molecule has 8 heteroatoms. The van der Waals surface area contributed by atoms with E-state index in [1.165, 1.54) is 0 Å². The molecule has 1 saturated carbocycles. The number of hydrogen-bond donors (Lipinski definition) is 0. The molecule has 2 aliphatic heterocycles. The lowest BCUT2D eigenvalue weighted by Gasteiger charge is -2.34. The molecule has 2 amide bonds. The van der Waals surface area contributed by atoms with Gasteiger partial charge in [-0.1, -0.05) is 6.42 Å². The third-order valence-corrected chi connectivity index (χ3v) is 6.83. The van der Waals surface area contributed by atoms with Crippen LogP contribution in [0.4, 0.5) is 0 Å². The van der Waals surface area contributed by atoms with E-state index in [9.17, 15) is 9.59 Å². The number of carbonyl (C=O) groups excluding carboxylic acids is 2. The summed E-state index contributed by atoms with van der Waals surface area (Å²) >= 11 is 0. The molecule has 3 fully saturated rings. The highest BCUT2D eigenvalue weighted by molar-refractivity contribution is 5.86. The van der Waals surface area contributed by atoms with Crippen molar-refractivity contribution in [3.63, 3.8) is 0 Å². The predicted octanol–water partition coefficient (Wildman–Crippen LogP) is 2.14. The molecule has 0 N–H and O–H groups in total. The first-order chi connectivity index (χ1) is 15.7. The fourth-order valence-corrected chi connectivity index (χ4v) is 4.63. The summed E-state index contributed by atoms with van der Waals surface area (Å²) in [4.78, 5) is 32.5. The molecular formula is C24H37N3O5. The SMILES string of the molecule is O=C(CN(CCCN1CCOCC1)C(=O)C1CCC1)N(Cc1ccco1)CC1CCCO1. The molecule has 0 radical (unpaired) electrons. The highest BCUT2D eigenvalue weighted by atomic mass is 16.5. The number of nitrogens with zero attached hydrogens (tertiary/aromatic N) is 3. The summed E-state index contributed by atoms with van der Waals surface area (Å²) < 4.78 is 16.7. The first kappa shape index (κ1) is 23.3. The summed E-state index contributed by atoms with van der Waals surface area (Å²) in [6.07, 6.45) is 7.55. The van der Waals surface area contributed by atoms with Crippen LogP contribution >= 0.6 is 0 Å². The Morgan fingerprint density at radius 2 is 1.91 bits per heavy atom. The van der Waals surface area contributed by atoms with Crippen molar-refractivity contribution >= 4 is 11.8 Å². The van der Waals surface area contributed by atoms with Gasteiger partial charge in [-0.25, -0.2) is 0 Å². The van der Waals surface area contributed by atoms with E-state index in [4.69, 9.17) is 13.9 Å². The third-order valence-electron chi connectivity index (χ3n) is 6.83. The lowest BCUT2D eigenvalue weighted by atomic mass is 9.84. The summed E-state index contributed by atoms with van der Waals surface area (Å²) in [7, 11) is 0. The molecule has 1 aromatic rings. The summed E-state index contributed by atoms with van der Waals surface area (Å²) in [5.74, 6) is 0.945. The molecule has 3 aliphatic rings. The molecule has 1 aromatic heterocycles. The van der Waals surface area contributed by atoms with Gasteiger partial charge in [-0.3, -0.25) is 14.5 Å². The number of morpholine rings is 1. The molecule has 32 heavy (non-hydrogen) atoms. The van der Waals surface area contributed by atoms with Crippen molar-refractivity contribution in [2.45, 2.75) is 51.2 Å². The van der Waals surface area contributed by atoms with E-state index in [0.717, 1.165) is 83.7 Å². The number of ether oxygens (including phenoxy) is 2. The van der Waals surface area contributed by atoms with Gasteiger partial charge in [0.05, 0.1) is 38.7 Å². The average Bonchev–Trinajstić information content (AvgIpc) is 3.46. The Labute approximate surface area is 190 Å². The number of hydrogen-bond acceptors (Lipinski definition) is 6. The molecule has 178 valence electrons. The van der Waals surface area contributed by atoms with Crippen molar-refractivity contribution in [2.24, 2.45) is 5.92 Å². The molecule has 2 saturated heterocycles. The van der Waals surface area contributed by atoms with Crippen LogP contribution in [0.3, 0.4) is 0 Å². The van der Waals surface area contributed by atoms with E-state index in [-0.39, 0.29) is 30.4 Å². The molecular weight excluding hydrogens is 410 g/mol. The standard InChI is InChI=1S/C24H37N3O5/c28-23(27(17-21-7-2-13-31-21)18-22-8-3-14-32-22)19-26(24(29)20-5-1-6-20)10-4-9-25-11-15-30-16-12-25/h2,7,13,20,22H,1,3-6,8-12,14-19H2.